The zero-order valence-corrected chi connectivity index (χ0v) is 20.7. The van der Waals surface area contributed by atoms with E-state index < -0.39 is 32.1 Å². The van der Waals surface area contributed by atoms with Gasteiger partial charge in [0.15, 0.2) is 0 Å². The second-order valence-corrected chi connectivity index (χ2v) is 12.1. The quantitative estimate of drug-likeness (QED) is 0.499. The highest BCUT2D eigenvalue weighted by Crippen LogP contribution is 2.21. The Balaban J connectivity index is 1.64. The van der Waals surface area contributed by atoms with Gasteiger partial charge < -0.3 is 9.84 Å². The molecule has 186 valence electrons. The van der Waals surface area contributed by atoms with E-state index in [0.717, 1.165) is 16.1 Å². The van der Waals surface area contributed by atoms with Gasteiger partial charge in [-0.15, -0.1) is 0 Å². The lowest BCUT2D eigenvalue weighted by molar-refractivity contribution is -0.144. The molecule has 1 aliphatic rings. The van der Waals surface area contributed by atoms with E-state index in [1.807, 2.05) is 30.3 Å². The number of sulfonamides is 2. The zero-order valence-electron chi connectivity index (χ0n) is 19.1. The number of likely N-dealkylation sites (N-methyl/N-ethyl adjacent to an activating group) is 1. The molecule has 1 saturated heterocycles. The van der Waals surface area contributed by atoms with Crippen molar-refractivity contribution in [1.29, 1.82) is 0 Å². The first-order valence-electron chi connectivity index (χ1n) is 10.6. The van der Waals surface area contributed by atoms with Crippen LogP contribution in [-0.2, 0) is 31.4 Å². The van der Waals surface area contributed by atoms with E-state index in [1.54, 1.807) is 17.0 Å². The standard InChI is InChI=1S/C22H29N3O7S2/c1-23(16-21(22(26)27)24-12-14-25(15-13-24)33(2,28)29)34(30,31)20-10-8-19(9-11-20)32-17-18-6-4-3-5-7-18/h3-11,21H,12-17H2,1-2H3,(H,26,27)/t21-/m0/s1. The number of hydrogen-bond donors (Lipinski definition) is 1. The van der Waals surface area contributed by atoms with E-state index in [0.29, 0.717) is 12.4 Å². The number of nitrogens with zero attached hydrogens (tertiary/aromatic N) is 3. The average molecular weight is 512 g/mol. The van der Waals surface area contributed by atoms with Gasteiger partial charge in [-0.2, -0.15) is 8.61 Å². The van der Waals surface area contributed by atoms with Crippen LogP contribution in [0, 0.1) is 0 Å². The Bertz CT molecular complexity index is 1180. The highest BCUT2D eigenvalue weighted by molar-refractivity contribution is 7.89. The first-order valence-corrected chi connectivity index (χ1v) is 13.9. The van der Waals surface area contributed by atoms with Gasteiger partial charge in [0.1, 0.15) is 18.4 Å². The Morgan fingerprint density at radius 3 is 2.12 bits per heavy atom. The number of ether oxygens (including phenoxy) is 1. The van der Waals surface area contributed by atoms with Crippen LogP contribution in [0.3, 0.4) is 0 Å². The molecule has 1 N–H and O–H groups in total. The Labute approximate surface area is 200 Å². The summed E-state index contributed by atoms with van der Waals surface area (Å²) in [6.45, 7) is 0.784. The molecule has 0 spiro atoms. The molecule has 12 heteroatoms. The largest absolute Gasteiger partial charge is 0.489 e. The molecule has 1 atom stereocenters. The maximum atomic E-state index is 13.0. The van der Waals surface area contributed by atoms with Crippen molar-refractivity contribution >= 4 is 26.0 Å². The molecule has 0 bridgehead atoms. The fraction of sp³-hybridized carbons (Fsp3) is 0.409. The van der Waals surface area contributed by atoms with E-state index >= 15 is 0 Å². The minimum absolute atomic E-state index is 0.0214. The summed E-state index contributed by atoms with van der Waals surface area (Å²) in [4.78, 5) is 13.5. The van der Waals surface area contributed by atoms with Crippen molar-refractivity contribution in [1.82, 2.24) is 13.5 Å². The maximum absolute atomic E-state index is 13.0. The lowest BCUT2D eigenvalue weighted by Gasteiger charge is -2.37. The van der Waals surface area contributed by atoms with Crippen LogP contribution >= 0.6 is 0 Å². The number of carboxylic acids is 1. The van der Waals surface area contributed by atoms with Crippen molar-refractivity contribution in [2.75, 3.05) is 46.0 Å². The lowest BCUT2D eigenvalue weighted by atomic mass is 10.2. The van der Waals surface area contributed by atoms with Crippen molar-refractivity contribution in [3.8, 4) is 5.75 Å². The number of hydrogen-bond acceptors (Lipinski definition) is 7. The van der Waals surface area contributed by atoms with Crippen molar-refractivity contribution in [3.05, 3.63) is 60.2 Å². The molecular formula is C22H29N3O7S2. The molecule has 2 aromatic carbocycles. The normalized spacial score (nSPS) is 16.9. The predicted octanol–water partition coefficient (Wildman–Crippen LogP) is 0.917. The molecule has 3 rings (SSSR count). The maximum Gasteiger partial charge on any atom is 0.322 e. The summed E-state index contributed by atoms with van der Waals surface area (Å²) in [6.07, 6.45) is 1.11. The van der Waals surface area contributed by atoms with Gasteiger partial charge >= 0.3 is 5.97 Å². The van der Waals surface area contributed by atoms with Crippen LogP contribution in [0.5, 0.6) is 5.75 Å². The molecule has 0 aromatic heterocycles. The zero-order chi connectivity index (χ0) is 24.9. The van der Waals surface area contributed by atoms with Crippen LogP contribution < -0.4 is 4.74 Å². The van der Waals surface area contributed by atoms with Gasteiger partial charge in [0, 0.05) is 39.8 Å². The van der Waals surface area contributed by atoms with E-state index in [2.05, 4.69) is 0 Å². The third kappa shape index (κ3) is 6.54. The second-order valence-electron chi connectivity index (χ2n) is 8.08. The van der Waals surface area contributed by atoms with Crippen LogP contribution in [0.4, 0.5) is 0 Å². The smallest absolute Gasteiger partial charge is 0.322 e. The second kappa shape index (κ2) is 10.8. The van der Waals surface area contributed by atoms with Gasteiger partial charge in [-0.05, 0) is 29.8 Å². The van der Waals surface area contributed by atoms with Gasteiger partial charge in [-0.1, -0.05) is 30.3 Å². The van der Waals surface area contributed by atoms with Crippen LogP contribution in [0.15, 0.2) is 59.5 Å². The summed E-state index contributed by atoms with van der Waals surface area (Å²) in [5.41, 5.74) is 0.982. The van der Waals surface area contributed by atoms with Crippen molar-refractivity contribution in [2.24, 2.45) is 0 Å². The molecule has 0 saturated carbocycles. The van der Waals surface area contributed by atoms with Crippen LogP contribution in [0.2, 0.25) is 0 Å². The van der Waals surface area contributed by atoms with Crippen LogP contribution in [-0.4, -0.2) is 93.5 Å². The summed E-state index contributed by atoms with van der Waals surface area (Å²) < 4.78 is 57.4. The Kier molecular flexibility index (Phi) is 8.31. The summed E-state index contributed by atoms with van der Waals surface area (Å²) in [5, 5.41) is 9.71. The van der Waals surface area contributed by atoms with Gasteiger partial charge in [-0.3, -0.25) is 9.69 Å². The third-order valence-electron chi connectivity index (χ3n) is 5.68. The summed E-state index contributed by atoms with van der Waals surface area (Å²) in [6, 6.07) is 14.4. The molecule has 1 aliphatic heterocycles. The molecule has 1 fully saturated rings. The van der Waals surface area contributed by atoms with E-state index in [9.17, 15) is 26.7 Å². The fourth-order valence-electron chi connectivity index (χ4n) is 3.67. The number of benzene rings is 2. The molecule has 0 aliphatic carbocycles. The minimum atomic E-state index is -3.94. The van der Waals surface area contributed by atoms with Crippen molar-refractivity contribution < 1.29 is 31.5 Å². The molecule has 2 aromatic rings. The number of piperazine rings is 1. The molecular weight excluding hydrogens is 482 g/mol. The van der Waals surface area contributed by atoms with Crippen molar-refractivity contribution in [3.63, 3.8) is 0 Å². The highest BCUT2D eigenvalue weighted by atomic mass is 32.2. The average Bonchev–Trinajstić information content (AvgIpc) is 2.81. The molecule has 0 radical (unpaired) electrons. The molecule has 1 heterocycles. The molecule has 0 unspecified atom stereocenters. The highest BCUT2D eigenvalue weighted by Gasteiger charge is 2.34. The predicted molar refractivity (Wildman–Crippen MR) is 126 cm³/mol. The van der Waals surface area contributed by atoms with Gasteiger partial charge in [-0.25, -0.2) is 16.8 Å². The number of carbonyl (C=O) groups is 1. The Morgan fingerprint density at radius 1 is 1.00 bits per heavy atom. The SMILES string of the molecule is CN(C[C@@H](C(=O)O)N1CCN(S(C)(=O)=O)CC1)S(=O)(=O)c1ccc(OCc2ccccc2)cc1. The van der Waals surface area contributed by atoms with E-state index in [-0.39, 0.29) is 37.6 Å². The fourth-order valence-corrected chi connectivity index (χ4v) is 5.67. The first-order chi connectivity index (χ1) is 16.0. The van der Waals surface area contributed by atoms with Gasteiger partial charge in [0.2, 0.25) is 20.0 Å². The number of rotatable bonds is 10. The topological polar surface area (TPSA) is 125 Å². The number of aliphatic carboxylic acids is 1. The minimum Gasteiger partial charge on any atom is -0.489 e. The summed E-state index contributed by atoms with van der Waals surface area (Å²) >= 11 is 0. The lowest BCUT2D eigenvalue weighted by Crippen LogP contribution is -2.56. The van der Waals surface area contributed by atoms with Crippen LogP contribution in [0.1, 0.15) is 5.56 Å². The molecule has 10 nitrogen and oxygen atoms in total. The van der Waals surface area contributed by atoms with E-state index in [4.69, 9.17) is 4.74 Å². The summed E-state index contributed by atoms with van der Waals surface area (Å²) in [7, 11) is -5.97. The van der Waals surface area contributed by atoms with Gasteiger partial charge in [0.05, 0.1) is 11.2 Å². The van der Waals surface area contributed by atoms with Crippen LogP contribution in [0.25, 0.3) is 0 Å². The monoisotopic (exact) mass is 511 g/mol. The van der Waals surface area contributed by atoms with E-state index in [1.165, 1.54) is 23.5 Å². The van der Waals surface area contributed by atoms with Gasteiger partial charge in [0.25, 0.3) is 0 Å². The first kappa shape index (κ1) is 26.1. The Hall–Kier alpha value is -2.51. The van der Waals surface area contributed by atoms with Crippen molar-refractivity contribution in [2.45, 2.75) is 17.5 Å². The molecule has 34 heavy (non-hydrogen) atoms. The molecule has 0 amide bonds. The summed E-state index contributed by atoms with van der Waals surface area (Å²) in [5.74, 6) is -0.655. The third-order valence-corrected chi connectivity index (χ3v) is 8.82. The Morgan fingerprint density at radius 2 is 1.59 bits per heavy atom. The number of carboxylic acid groups (broad SMARTS) is 1.